The smallest absolute Gasteiger partial charge is 0.275 e. The van der Waals surface area contributed by atoms with E-state index < -0.39 is 0 Å². The molecule has 0 aliphatic carbocycles. The van der Waals surface area contributed by atoms with Crippen LogP contribution in [0, 0.1) is 6.92 Å². The molecule has 1 aromatic carbocycles. The average Bonchev–Trinajstić information content (AvgIpc) is 2.90. The summed E-state index contributed by atoms with van der Waals surface area (Å²) < 4.78 is 0. The maximum absolute atomic E-state index is 12.0. The van der Waals surface area contributed by atoms with Crippen LogP contribution in [-0.4, -0.2) is 26.3 Å². The Kier molecular flexibility index (Phi) is 3.46. The van der Waals surface area contributed by atoms with Gasteiger partial charge < -0.3 is 4.90 Å². The number of aromatic amines is 2. The Morgan fingerprint density at radius 2 is 1.91 bits per heavy atom. The van der Waals surface area contributed by atoms with Crippen molar-refractivity contribution in [2.75, 3.05) is 4.90 Å². The highest BCUT2D eigenvalue weighted by molar-refractivity contribution is 5.92. The van der Waals surface area contributed by atoms with Gasteiger partial charge in [-0.1, -0.05) is 18.2 Å². The van der Waals surface area contributed by atoms with Crippen molar-refractivity contribution in [3.63, 3.8) is 0 Å². The van der Waals surface area contributed by atoms with Crippen molar-refractivity contribution in [2.24, 2.45) is 0 Å². The van der Waals surface area contributed by atoms with Crippen LogP contribution in [0.15, 0.2) is 35.1 Å². The van der Waals surface area contributed by atoms with Crippen LogP contribution in [0.5, 0.6) is 0 Å². The van der Waals surface area contributed by atoms with Crippen molar-refractivity contribution in [2.45, 2.75) is 20.4 Å². The number of aromatic nitrogens is 4. The number of para-hydroxylation sites is 1. The largest absolute Gasteiger partial charge is 0.307 e. The minimum atomic E-state index is -0.293. The van der Waals surface area contributed by atoms with Crippen LogP contribution in [0.4, 0.5) is 5.69 Å². The Hall–Kier alpha value is -2.96. The summed E-state index contributed by atoms with van der Waals surface area (Å²) in [5.41, 5.74) is 2.18. The van der Waals surface area contributed by atoms with E-state index >= 15 is 0 Å². The molecule has 0 atom stereocenters. The number of anilines is 1. The first-order valence-corrected chi connectivity index (χ1v) is 6.83. The molecule has 22 heavy (non-hydrogen) atoms. The molecule has 0 unspecified atom stereocenters. The van der Waals surface area contributed by atoms with Crippen LogP contribution in [0.1, 0.15) is 18.3 Å². The second-order valence-corrected chi connectivity index (χ2v) is 5.01. The molecule has 0 bridgehead atoms. The normalized spacial score (nSPS) is 10.8. The Labute approximate surface area is 126 Å². The minimum Gasteiger partial charge on any atom is -0.307 e. The van der Waals surface area contributed by atoms with Crippen molar-refractivity contribution in [3.05, 3.63) is 52.1 Å². The monoisotopic (exact) mass is 297 g/mol. The summed E-state index contributed by atoms with van der Waals surface area (Å²) in [5, 5.41) is 13.9. The minimum absolute atomic E-state index is 0.111. The number of benzene rings is 1. The fourth-order valence-corrected chi connectivity index (χ4v) is 2.40. The molecule has 1 amide bonds. The lowest BCUT2D eigenvalue weighted by Gasteiger charge is -2.20. The summed E-state index contributed by atoms with van der Waals surface area (Å²) in [4.78, 5) is 25.4. The number of aryl methyl sites for hydroxylation is 1. The third kappa shape index (κ3) is 2.37. The summed E-state index contributed by atoms with van der Waals surface area (Å²) in [6.45, 7) is 3.50. The second-order valence-electron chi connectivity index (χ2n) is 5.01. The number of carbonyl (C=O) groups excluding carboxylic acids is 1. The third-order valence-corrected chi connectivity index (χ3v) is 3.50. The van der Waals surface area contributed by atoms with Gasteiger partial charge in [0, 0.05) is 18.3 Å². The first-order chi connectivity index (χ1) is 10.6. The van der Waals surface area contributed by atoms with E-state index in [0.717, 1.165) is 5.69 Å². The van der Waals surface area contributed by atoms with Crippen LogP contribution < -0.4 is 10.5 Å². The molecule has 7 heteroatoms. The van der Waals surface area contributed by atoms with Crippen molar-refractivity contribution < 1.29 is 4.79 Å². The van der Waals surface area contributed by atoms with Gasteiger partial charge in [0.15, 0.2) is 0 Å². The number of fused-ring (bicyclic) bond motifs is 1. The van der Waals surface area contributed by atoms with Crippen molar-refractivity contribution in [1.29, 1.82) is 0 Å². The summed E-state index contributed by atoms with van der Waals surface area (Å²) >= 11 is 0. The quantitative estimate of drug-likeness (QED) is 0.766. The molecule has 0 spiro atoms. The summed E-state index contributed by atoms with van der Waals surface area (Å²) in [6.07, 6.45) is 0. The molecule has 2 aromatic heterocycles. The van der Waals surface area contributed by atoms with Crippen molar-refractivity contribution in [3.8, 4) is 0 Å². The fraction of sp³-hybridized carbons (Fsp3) is 0.200. The third-order valence-electron chi connectivity index (χ3n) is 3.50. The standard InChI is InChI=1S/C15H15N5O2/c1-9-13-14(18-16-9)12(17-19-15(13)22)8-20(10(2)21)11-6-4-3-5-7-11/h3-7H,8H2,1-2H3,(H,16,18)(H,19,22). The van der Waals surface area contributed by atoms with E-state index in [2.05, 4.69) is 20.4 Å². The zero-order chi connectivity index (χ0) is 15.7. The molecule has 7 nitrogen and oxygen atoms in total. The second kappa shape index (κ2) is 5.44. The molecule has 0 saturated heterocycles. The molecule has 112 valence electrons. The van der Waals surface area contributed by atoms with E-state index in [0.29, 0.717) is 22.3 Å². The summed E-state index contributed by atoms with van der Waals surface area (Å²) in [7, 11) is 0. The molecule has 0 saturated carbocycles. The number of nitrogens with zero attached hydrogens (tertiary/aromatic N) is 3. The highest BCUT2D eigenvalue weighted by atomic mass is 16.2. The van der Waals surface area contributed by atoms with E-state index in [1.165, 1.54) is 6.92 Å². The van der Waals surface area contributed by atoms with Gasteiger partial charge in [-0.25, -0.2) is 5.10 Å². The Morgan fingerprint density at radius 1 is 1.18 bits per heavy atom. The number of amides is 1. The van der Waals surface area contributed by atoms with Gasteiger partial charge in [-0.15, -0.1) is 0 Å². The Morgan fingerprint density at radius 3 is 2.59 bits per heavy atom. The number of carbonyl (C=O) groups is 1. The Bertz CT molecular complexity index is 882. The van der Waals surface area contributed by atoms with Crippen LogP contribution in [-0.2, 0) is 11.3 Å². The molecule has 0 aliphatic heterocycles. The predicted molar refractivity (Wildman–Crippen MR) is 82.6 cm³/mol. The van der Waals surface area contributed by atoms with Gasteiger partial charge >= 0.3 is 0 Å². The SMILES string of the molecule is CC(=O)N(Cc1n[nH]c(=O)c2c(C)[nH]nc12)c1ccccc1. The van der Waals surface area contributed by atoms with E-state index in [4.69, 9.17) is 0 Å². The highest BCUT2D eigenvalue weighted by Crippen LogP contribution is 2.19. The predicted octanol–water partition coefficient (Wildman–Crippen LogP) is 1.51. The molecule has 3 rings (SSSR count). The van der Waals surface area contributed by atoms with Gasteiger partial charge in [0.1, 0.15) is 11.2 Å². The molecule has 2 heterocycles. The van der Waals surface area contributed by atoms with Gasteiger partial charge in [-0.2, -0.15) is 10.2 Å². The first-order valence-electron chi connectivity index (χ1n) is 6.83. The number of H-pyrrole nitrogens is 2. The highest BCUT2D eigenvalue weighted by Gasteiger charge is 2.18. The first kappa shape index (κ1) is 14.0. The maximum Gasteiger partial charge on any atom is 0.275 e. The molecule has 0 aliphatic rings. The summed E-state index contributed by atoms with van der Waals surface area (Å²) in [6, 6.07) is 9.30. The molecule has 3 aromatic rings. The van der Waals surface area contributed by atoms with E-state index in [9.17, 15) is 9.59 Å². The topological polar surface area (TPSA) is 94.7 Å². The van der Waals surface area contributed by atoms with Gasteiger partial charge in [-0.05, 0) is 19.1 Å². The molecule has 0 fully saturated rings. The zero-order valence-corrected chi connectivity index (χ0v) is 12.3. The van der Waals surface area contributed by atoms with E-state index in [-0.39, 0.29) is 18.0 Å². The lowest BCUT2D eigenvalue weighted by atomic mass is 10.2. The zero-order valence-electron chi connectivity index (χ0n) is 12.3. The van der Waals surface area contributed by atoms with Crippen molar-refractivity contribution in [1.82, 2.24) is 20.4 Å². The van der Waals surface area contributed by atoms with Crippen LogP contribution in [0.3, 0.4) is 0 Å². The van der Waals surface area contributed by atoms with Crippen molar-refractivity contribution >= 4 is 22.5 Å². The molecular formula is C15H15N5O2. The lowest BCUT2D eigenvalue weighted by Crippen LogP contribution is -2.29. The van der Waals surface area contributed by atoms with Gasteiger partial charge in [-0.3, -0.25) is 14.7 Å². The van der Waals surface area contributed by atoms with Crippen LogP contribution in [0.2, 0.25) is 0 Å². The Balaban J connectivity index is 2.06. The summed E-state index contributed by atoms with van der Waals surface area (Å²) in [5.74, 6) is -0.111. The molecule has 2 N–H and O–H groups in total. The number of hydrogen-bond donors (Lipinski definition) is 2. The van der Waals surface area contributed by atoms with Gasteiger partial charge in [0.25, 0.3) is 5.56 Å². The van der Waals surface area contributed by atoms with Gasteiger partial charge in [0.2, 0.25) is 5.91 Å². The lowest BCUT2D eigenvalue weighted by molar-refractivity contribution is -0.116. The molecule has 0 radical (unpaired) electrons. The number of rotatable bonds is 3. The van der Waals surface area contributed by atoms with Crippen LogP contribution in [0.25, 0.3) is 10.9 Å². The molecular weight excluding hydrogens is 282 g/mol. The van der Waals surface area contributed by atoms with Crippen LogP contribution >= 0.6 is 0 Å². The van der Waals surface area contributed by atoms with E-state index in [1.54, 1.807) is 11.8 Å². The number of nitrogens with one attached hydrogen (secondary N) is 2. The number of hydrogen-bond acceptors (Lipinski definition) is 4. The fourth-order valence-electron chi connectivity index (χ4n) is 2.40. The van der Waals surface area contributed by atoms with Gasteiger partial charge in [0.05, 0.1) is 11.9 Å². The average molecular weight is 297 g/mol. The van der Waals surface area contributed by atoms with E-state index in [1.807, 2.05) is 30.3 Å². The maximum atomic E-state index is 12.0.